The van der Waals surface area contributed by atoms with E-state index in [1.165, 1.54) is 11.1 Å². The van der Waals surface area contributed by atoms with Crippen molar-refractivity contribution < 1.29 is 4.79 Å². The molecule has 0 aromatic heterocycles. The molecule has 1 saturated heterocycles. The Morgan fingerprint density at radius 3 is 2.72 bits per heavy atom. The van der Waals surface area contributed by atoms with Crippen molar-refractivity contribution in [1.29, 1.82) is 0 Å². The number of carbonyl (C=O) groups excluding carboxylic acids is 1. The lowest BCUT2D eigenvalue weighted by Crippen LogP contribution is -2.43. The van der Waals surface area contributed by atoms with Crippen LogP contribution in [0.15, 0.2) is 54.6 Å². The maximum absolute atomic E-state index is 12.5. The Hall–Kier alpha value is -1.84. The molecule has 1 aliphatic heterocycles. The van der Waals surface area contributed by atoms with Crippen LogP contribution >= 0.6 is 11.6 Å². The van der Waals surface area contributed by atoms with Crippen LogP contribution in [-0.4, -0.2) is 30.4 Å². The maximum Gasteiger partial charge on any atom is 0.224 e. The molecule has 2 aromatic rings. The van der Waals surface area contributed by atoms with Crippen molar-refractivity contribution in [2.75, 3.05) is 19.6 Å². The monoisotopic (exact) mass is 356 g/mol. The number of nitrogens with one attached hydrogen (secondary N) is 1. The Kier molecular flexibility index (Phi) is 6.48. The number of carbonyl (C=O) groups is 1. The summed E-state index contributed by atoms with van der Waals surface area (Å²) in [6, 6.07) is 18.2. The lowest BCUT2D eigenvalue weighted by Gasteiger charge is -2.32. The van der Waals surface area contributed by atoms with Crippen LogP contribution in [0.1, 0.15) is 24.0 Å². The molecular weight excluding hydrogens is 332 g/mol. The lowest BCUT2D eigenvalue weighted by molar-refractivity contribution is -0.126. The molecule has 3 nitrogen and oxygen atoms in total. The van der Waals surface area contributed by atoms with Gasteiger partial charge in [-0.25, -0.2) is 0 Å². The SMILES string of the molecule is O=C(NCCc1ccccc1)C1CCCN(Cc2cccc(Cl)c2)C1. The third-order valence-electron chi connectivity index (χ3n) is 4.73. The molecule has 25 heavy (non-hydrogen) atoms. The van der Waals surface area contributed by atoms with Crippen molar-refractivity contribution in [2.45, 2.75) is 25.8 Å². The Labute approximate surface area is 155 Å². The summed E-state index contributed by atoms with van der Waals surface area (Å²) in [5, 5.41) is 3.88. The predicted molar refractivity (Wildman–Crippen MR) is 103 cm³/mol. The topological polar surface area (TPSA) is 32.3 Å². The zero-order valence-corrected chi connectivity index (χ0v) is 15.2. The van der Waals surface area contributed by atoms with Gasteiger partial charge in [0, 0.05) is 24.7 Å². The molecule has 132 valence electrons. The zero-order chi connectivity index (χ0) is 17.5. The minimum absolute atomic E-state index is 0.0868. The molecule has 3 rings (SSSR count). The number of likely N-dealkylation sites (tertiary alicyclic amines) is 1. The van der Waals surface area contributed by atoms with Crippen LogP contribution in [0.25, 0.3) is 0 Å². The first-order chi connectivity index (χ1) is 12.2. The smallest absolute Gasteiger partial charge is 0.224 e. The number of hydrogen-bond donors (Lipinski definition) is 1. The highest BCUT2D eigenvalue weighted by Gasteiger charge is 2.25. The Morgan fingerprint density at radius 1 is 1.12 bits per heavy atom. The van der Waals surface area contributed by atoms with Crippen molar-refractivity contribution in [3.63, 3.8) is 0 Å². The highest BCUT2D eigenvalue weighted by atomic mass is 35.5. The fourth-order valence-corrected chi connectivity index (χ4v) is 3.64. The number of halogens is 1. The van der Waals surface area contributed by atoms with Crippen LogP contribution in [0, 0.1) is 5.92 Å². The summed E-state index contributed by atoms with van der Waals surface area (Å²) in [5.41, 5.74) is 2.46. The molecule has 1 N–H and O–H groups in total. The molecule has 1 amide bonds. The molecule has 1 heterocycles. The summed E-state index contributed by atoms with van der Waals surface area (Å²) in [6.07, 6.45) is 2.92. The molecule has 2 aromatic carbocycles. The number of hydrogen-bond acceptors (Lipinski definition) is 2. The number of benzene rings is 2. The first-order valence-electron chi connectivity index (χ1n) is 8.99. The molecule has 1 fully saturated rings. The first kappa shape index (κ1) is 18.0. The van der Waals surface area contributed by atoms with E-state index in [1.54, 1.807) is 0 Å². The third-order valence-corrected chi connectivity index (χ3v) is 4.96. The van der Waals surface area contributed by atoms with Gasteiger partial charge in [0.25, 0.3) is 0 Å². The van der Waals surface area contributed by atoms with Gasteiger partial charge in [-0.3, -0.25) is 9.69 Å². The summed E-state index contributed by atoms with van der Waals surface area (Å²) >= 11 is 6.07. The number of nitrogens with zero attached hydrogens (tertiary/aromatic N) is 1. The second-order valence-corrected chi connectivity index (χ2v) is 7.17. The molecular formula is C21H25ClN2O. The average molecular weight is 357 g/mol. The van der Waals surface area contributed by atoms with Gasteiger partial charge in [-0.1, -0.05) is 54.1 Å². The van der Waals surface area contributed by atoms with E-state index in [4.69, 9.17) is 11.6 Å². The fourth-order valence-electron chi connectivity index (χ4n) is 3.43. The summed E-state index contributed by atoms with van der Waals surface area (Å²) in [4.78, 5) is 14.8. The maximum atomic E-state index is 12.5. The van der Waals surface area contributed by atoms with Crippen molar-refractivity contribution in [2.24, 2.45) is 5.92 Å². The highest BCUT2D eigenvalue weighted by Crippen LogP contribution is 2.20. The Morgan fingerprint density at radius 2 is 1.92 bits per heavy atom. The van der Waals surface area contributed by atoms with Crippen LogP contribution in [0.2, 0.25) is 5.02 Å². The number of piperidine rings is 1. The predicted octanol–water partition coefficient (Wildman–Crippen LogP) is 3.91. The highest BCUT2D eigenvalue weighted by molar-refractivity contribution is 6.30. The molecule has 1 aliphatic rings. The molecule has 0 saturated carbocycles. The molecule has 1 unspecified atom stereocenters. The van der Waals surface area contributed by atoms with Crippen molar-refractivity contribution in [1.82, 2.24) is 10.2 Å². The second kappa shape index (κ2) is 9.02. The van der Waals surface area contributed by atoms with E-state index in [0.717, 1.165) is 43.9 Å². The van der Waals surface area contributed by atoms with Gasteiger partial charge >= 0.3 is 0 Å². The van der Waals surface area contributed by atoms with Gasteiger partial charge in [0.15, 0.2) is 0 Å². The van der Waals surface area contributed by atoms with Gasteiger partial charge < -0.3 is 5.32 Å². The van der Waals surface area contributed by atoms with Crippen molar-refractivity contribution in [3.05, 3.63) is 70.7 Å². The number of amides is 1. The summed E-state index contributed by atoms with van der Waals surface area (Å²) in [6.45, 7) is 3.42. The second-order valence-electron chi connectivity index (χ2n) is 6.73. The van der Waals surface area contributed by atoms with E-state index in [0.29, 0.717) is 6.54 Å². The minimum Gasteiger partial charge on any atom is -0.355 e. The summed E-state index contributed by atoms with van der Waals surface area (Å²) in [7, 11) is 0. The van der Waals surface area contributed by atoms with Gasteiger partial charge in [-0.15, -0.1) is 0 Å². The third kappa shape index (κ3) is 5.58. The van der Waals surface area contributed by atoms with Crippen LogP contribution in [0.5, 0.6) is 0 Å². The van der Waals surface area contributed by atoms with E-state index in [9.17, 15) is 4.79 Å². The molecule has 0 radical (unpaired) electrons. The van der Waals surface area contributed by atoms with E-state index in [2.05, 4.69) is 28.4 Å². The van der Waals surface area contributed by atoms with Gasteiger partial charge in [-0.2, -0.15) is 0 Å². The van der Waals surface area contributed by atoms with Crippen LogP contribution in [-0.2, 0) is 17.8 Å². The molecule has 0 aliphatic carbocycles. The minimum atomic E-state index is 0.0868. The molecule has 0 spiro atoms. The normalized spacial score (nSPS) is 18.0. The summed E-state index contributed by atoms with van der Waals surface area (Å²) in [5.74, 6) is 0.274. The Bertz CT molecular complexity index is 689. The van der Waals surface area contributed by atoms with Gasteiger partial charge in [0.05, 0.1) is 5.92 Å². The lowest BCUT2D eigenvalue weighted by atomic mass is 9.96. The fraction of sp³-hybridized carbons (Fsp3) is 0.381. The zero-order valence-electron chi connectivity index (χ0n) is 14.5. The largest absolute Gasteiger partial charge is 0.355 e. The van der Waals surface area contributed by atoms with Gasteiger partial charge in [0.2, 0.25) is 5.91 Å². The van der Waals surface area contributed by atoms with E-state index in [1.807, 2.05) is 36.4 Å². The van der Waals surface area contributed by atoms with E-state index in [-0.39, 0.29) is 11.8 Å². The van der Waals surface area contributed by atoms with Crippen molar-refractivity contribution in [3.8, 4) is 0 Å². The first-order valence-corrected chi connectivity index (χ1v) is 9.37. The quantitative estimate of drug-likeness (QED) is 0.851. The Balaban J connectivity index is 1.46. The average Bonchev–Trinajstić information content (AvgIpc) is 2.63. The molecule has 1 atom stereocenters. The molecule has 0 bridgehead atoms. The summed E-state index contributed by atoms with van der Waals surface area (Å²) < 4.78 is 0. The van der Waals surface area contributed by atoms with Gasteiger partial charge in [0.1, 0.15) is 0 Å². The van der Waals surface area contributed by atoms with Gasteiger partial charge in [-0.05, 0) is 49.1 Å². The van der Waals surface area contributed by atoms with Crippen LogP contribution in [0.3, 0.4) is 0 Å². The molecule has 4 heteroatoms. The van der Waals surface area contributed by atoms with Crippen LogP contribution < -0.4 is 5.32 Å². The van der Waals surface area contributed by atoms with E-state index < -0.39 is 0 Å². The van der Waals surface area contributed by atoms with E-state index >= 15 is 0 Å². The van der Waals surface area contributed by atoms with Crippen LogP contribution in [0.4, 0.5) is 0 Å². The number of rotatable bonds is 6. The van der Waals surface area contributed by atoms with Crippen molar-refractivity contribution >= 4 is 17.5 Å². The standard InChI is InChI=1S/C21H25ClN2O/c22-20-10-4-8-18(14-20)15-24-13-5-9-19(16-24)21(25)23-12-11-17-6-2-1-3-7-17/h1-4,6-8,10,14,19H,5,9,11-13,15-16H2,(H,23,25).